The quantitative estimate of drug-likeness (QED) is 0.439. The van der Waals surface area contributed by atoms with Gasteiger partial charge in [-0.1, -0.05) is 6.08 Å². The van der Waals surface area contributed by atoms with E-state index in [-0.39, 0.29) is 6.35 Å². The van der Waals surface area contributed by atoms with E-state index in [9.17, 15) is 5.11 Å². The molecular weight excluding hydrogens is 207 g/mol. The Morgan fingerprint density at radius 3 is 2.23 bits per heavy atom. The molecule has 0 aromatic heterocycles. The molecule has 0 radical (unpaired) electrons. The molecule has 3 rings (SSSR count). The zero-order chi connectivity index (χ0) is 9.36. The summed E-state index contributed by atoms with van der Waals surface area (Å²) in [4.78, 5) is 0. The smallest absolute Gasteiger partial charge is 0.361 e. The number of rotatable bonds is 3. The second-order valence-corrected chi connectivity index (χ2v) is 9.86. The van der Waals surface area contributed by atoms with Crippen molar-refractivity contribution < 1.29 is 18.4 Å². The standard InChI is InChI=1S/C7H14O4PSi/c1-2-3-13-9-5-12(4-8,6-10-13)7-11-13/h2,8H,1,3-7H2/q+1. The van der Waals surface area contributed by atoms with Gasteiger partial charge >= 0.3 is 8.80 Å². The van der Waals surface area contributed by atoms with Gasteiger partial charge in [-0.15, -0.1) is 6.58 Å². The van der Waals surface area contributed by atoms with Crippen LogP contribution in [0.5, 0.6) is 0 Å². The minimum atomic E-state index is -2.36. The minimum Gasteiger partial charge on any atom is -0.361 e. The zero-order valence-corrected chi connectivity index (χ0v) is 9.33. The molecule has 3 heterocycles. The predicted octanol–water partition coefficient (Wildman–Crippen LogP) is 1.03. The largest absolute Gasteiger partial charge is 0.512 e. The molecule has 6 heteroatoms. The molecule has 3 saturated heterocycles. The number of hydrogen-bond acceptors (Lipinski definition) is 4. The van der Waals surface area contributed by atoms with Gasteiger partial charge in [0.05, 0.1) is 0 Å². The average molecular weight is 221 g/mol. The Hall–Kier alpha value is 0.227. The van der Waals surface area contributed by atoms with Crippen LogP contribution in [-0.2, 0) is 13.3 Å². The Morgan fingerprint density at radius 2 is 1.85 bits per heavy atom. The van der Waals surface area contributed by atoms with Crippen LogP contribution >= 0.6 is 7.26 Å². The fourth-order valence-electron chi connectivity index (χ4n) is 1.42. The van der Waals surface area contributed by atoms with Gasteiger partial charge in [-0.25, -0.2) is 0 Å². The van der Waals surface area contributed by atoms with Crippen LogP contribution in [0.1, 0.15) is 0 Å². The van der Waals surface area contributed by atoms with E-state index in [4.69, 9.17) is 13.3 Å². The first-order valence-electron chi connectivity index (χ1n) is 4.23. The molecule has 3 aliphatic heterocycles. The molecule has 13 heavy (non-hydrogen) atoms. The number of allylic oxidation sites excluding steroid dienone is 1. The highest BCUT2D eigenvalue weighted by Crippen LogP contribution is 2.64. The lowest BCUT2D eigenvalue weighted by atomic mass is 10.8. The number of hydrogen-bond donors (Lipinski definition) is 1. The normalized spacial score (nSPS) is 43.5. The zero-order valence-electron chi connectivity index (χ0n) is 7.44. The highest BCUT2D eigenvalue weighted by molar-refractivity contribution is 7.75. The van der Waals surface area contributed by atoms with Gasteiger partial charge in [-0.3, -0.25) is 0 Å². The Labute approximate surface area is 79.2 Å². The first kappa shape index (κ1) is 9.77. The molecule has 3 fully saturated rings. The Bertz CT molecular complexity index is 198. The van der Waals surface area contributed by atoms with Crippen molar-refractivity contribution in [2.45, 2.75) is 6.04 Å². The fourth-order valence-corrected chi connectivity index (χ4v) is 8.49. The van der Waals surface area contributed by atoms with Crippen LogP contribution in [0.4, 0.5) is 0 Å². The SMILES string of the molecule is C=CC[Si]12OC[P+](CO)(CO1)CO2. The summed E-state index contributed by atoms with van der Waals surface area (Å²) in [6.07, 6.45) is 3.96. The van der Waals surface area contributed by atoms with Crippen molar-refractivity contribution in [2.24, 2.45) is 0 Å². The molecule has 0 spiro atoms. The Morgan fingerprint density at radius 1 is 1.31 bits per heavy atom. The number of aliphatic hydroxyl groups excluding tert-OH is 1. The Kier molecular flexibility index (Phi) is 2.57. The molecule has 4 nitrogen and oxygen atoms in total. The summed E-state index contributed by atoms with van der Waals surface area (Å²) in [7, 11) is -3.82. The molecule has 3 aliphatic rings. The molecule has 0 unspecified atom stereocenters. The van der Waals surface area contributed by atoms with Gasteiger partial charge in [-0.05, 0) is 0 Å². The maximum Gasteiger partial charge on any atom is 0.512 e. The summed E-state index contributed by atoms with van der Waals surface area (Å²) in [5.74, 6) is 0. The highest BCUT2D eigenvalue weighted by Gasteiger charge is 2.60. The third-order valence-electron chi connectivity index (χ3n) is 2.37. The van der Waals surface area contributed by atoms with E-state index in [2.05, 4.69) is 6.58 Å². The lowest BCUT2D eigenvalue weighted by Gasteiger charge is -2.43. The van der Waals surface area contributed by atoms with E-state index in [0.29, 0.717) is 25.1 Å². The molecule has 0 saturated carbocycles. The third kappa shape index (κ3) is 1.61. The fraction of sp³-hybridized carbons (Fsp3) is 0.714. The summed E-state index contributed by atoms with van der Waals surface area (Å²) in [5, 5.41) is 9.18. The predicted molar refractivity (Wildman–Crippen MR) is 52.6 cm³/mol. The average Bonchev–Trinajstić information content (AvgIpc) is 2.21. The lowest BCUT2D eigenvalue weighted by Crippen LogP contribution is -2.55. The molecule has 0 atom stereocenters. The van der Waals surface area contributed by atoms with Gasteiger partial charge in [0.2, 0.25) is 0 Å². The minimum absolute atomic E-state index is 0.172. The van der Waals surface area contributed by atoms with Crippen molar-refractivity contribution in [2.75, 3.05) is 25.4 Å². The summed E-state index contributed by atoms with van der Waals surface area (Å²) in [6.45, 7) is 3.66. The van der Waals surface area contributed by atoms with Gasteiger partial charge in [0.25, 0.3) is 0 Å². The van der Waals surface area contributed by atoms with Gasteiger partial charge in [-0.2, -0.15) is 0 Å². The number of fused-ring (bicyclic) bond motifs is 3. The van der Waals surface area contributed by atoms with Crippen molar-refractivity contribution in [1.29, 1.82) is 0 Å². The van der Waals surface area contributed by atoms with Gasteiger partial charge in [0.1, 0.15) is 7.26 Å². The van der Waals surface area contributed by atoms with E-state index in [0.717, 1.165) is 0 Å². The second kappa shape index (κ2) is 3.42. The first-order valence-corrected chi connectivity index (χ1v) is 8.69. The number of aliphatic hydroxyl groups is 1. The van der Waals surface area contributed by atoms with E-state index < -0.39 is 16.1 Å². The molecule has 0 aromatic rings. The van der Waals surface area contributed by atoms with Gasteiger partial charge < -0.3 is 18.4 Å². The summed E-state index contributed by atoms with van der Waals surface area (Å²) < 4.78 is 16.8. The van der Waals surface area contributed by atoms with Crippen LogP contribution in [0, 0.1) is 0 Å². The van der Waals surface area contributed by atoms with Crippen LogP contribution in [0.25, 0.3) is 0 Å². The summed E-state index contributed by atoms with van der Waals surface area (Å²) >= 11 is 0. The van der Waals surface area contributed by atoms with Crippen LogP contribution in [0.2, 0.25) is 6.04 Å². The molecular formula is C7H14O4PSi+. The van der Waals surface area contributed by atoms with Crippen molar-refractivity contribution >= 4 is 16.1 Å². The van der Waals surface area contributed by atoms with Gasteiger partial charge in [0, 0.05) is 6.04 Å². The summed E-state index contributed by atoms with van der Waals surface area (Å²) in [5.41, 5.74) is 0. The van der Waals surface area contributed by atoms with Crippen LogP contribution < -0.4 is 0 Å². The molecule has 1 N–H and O–H groups in total. The Balaban J connectivity index is 2.06. The lowest BCUT2D eigenvalue weighted by molar-refractivity contribution is 0.0624. The van der Waals surface area contributed by atoms with Crippen molar-refractivity contribution in [1.82, 2.24) is 0 Å². The van der Waals surface area contributed by atoms with Crippen molar-refractivity contribution in [3.63, 3.8) is 0 Å². The van der Waals surface area contributed by atoms with E-state index in [1.54, 1.807) is 6.08 Å². The molecule has 74 valence electrons. The van der Waals surface area contributed by atoms with E-state index in [1.165, 1.54) is 0 Å². The van der Waals surface area contributed by atoms with Crippen molar-refractivity contribution in [3.05, 3.63) is 12.7 Å². The van der Waals surface area contributed by atoms with Crippen LogP contribution in [0.3, 0.4) is 0 Å². The summed E-state index contributed by atoms with van der Waals surface area (Å²) in [6, 6.07) is 0.679. The van der Waals surface area contributed by atoms with E-state index in [1.807, 2.05) is 0 Å². The monoisotopic (exact) mass is 221 g/mol. The molecule has 2 bridgehead atoms. The maximum atomic E-state index is 9.18. The first-order chi connectivity index (χ1) is 6.24. The third-order valence-corrected chi connectivity index (χ3v) is 8.27. The highest BCUT2D eigenvalue weighted by atomic mass is 31.2. The van der Waals surface area contributed by atoms with Crippen molar-refractivity contribution in [3.8, 4) is 0 Å². The molecule has 0 aliphatic carbocycles. The molecule has 0 aromatic carbocycles. The second-order valence-electron chi connectivity index (χ2n) is 3.48. The van der Waals surface area contributed by atoms with E-state index >= 15 is 0 Å². The van der Waals surface area contributed by atoms with Gasteiger partial charge in [0.15, 0.2) is 25.4 Å². The van der Waals surface area contributed by atoms with Crippen LogP contribution in [0.15, 0.2) is 12.7 Å². The topological polar surface area (TPSA) is 47.9 Å². The van der Waals surface area contributed by atoms with Crippen LogP contribution in [-0.4, -0.2) is 39.3 Å². The molecule has 0 amide bonds. The maximum absolute atomic E-state index is 9.18.